The number of aliphatic hydroxyl groups excluding tert-OH is 2. The fourth-order valence-corrected chi connectivity index (χ4v) is 1.82. The van der Waals surface area contributed by atoms with Gasteiger partial charge in [0.1, 0.15) is 5.75 Å². The summed E-state index contributed by atoms with van der Waals surface area (Å²) >= 11 is 0. The summed E-state index contributed by atoms with van der Waals surface area (Å²) in [6, 6.07) is 3.56. The van der Waals surface area contributed by atoms with Gasteiger partial charge in [-0.05, 0) is 25.0 Å². The number of rotatable bonds is 11. The van der Waals surface area contributed by atoms with E-state index in [1.807, 2.05) is 24.3 Å². The summed E-state index contributed by atoms with van der Waals surface area (Å²) in [6.45, 7) is 2.50. The van der Waals surface area contributed by atoms with Crippen LogP contribution in [0.25, 0.3) is 0 Å². The molecule has 1 heterocycles. The predicted molar refractivity (Wildman–Crippen MR) is 97.8 cm³/mol. The van der Waals surface area contributed by atoms with Crippen LogP contribution in [0.15, 0.2) is 73.1 Å². The first-order valence-corrected chi connectivity index (χ1v) is 8.28. The van der Waals surface area contributed by atoms with E-state index in [1.165, 1.54) is 0 Å². The maximum atomic E-state index is 9.81. The molecule has 0 bridgehead atoms. The molecule has 0 saturated carbocycles. The van der Waals surface area contributed by atoms with Crippen molar-refractivity contribution in [1.29, 1.82) is 0 Å². The monoisotopic (exact) mass is 329 g/mol. The van der Waals surface area contributed by atoms with Gasteiger partial charge in [0.25, 0.3) is 0 Å². The van der Waals surface area contributed by atoms with Crippen molar-refractivity contribution in [3.05, 3.63) is 73.1 Å². The lowest BCUT2D eigenvalue weighted by Crippen LogP contribution is -2.08. The molecule has 1 aromatic rings. The first-order chi connectivity index (χ1) is 11.7. The van der Waals surface area contributed by atoms with Crippen LogP contribution in [-0.2, 0) is 0 Å². The molecule has 1 rings (SSSR count). The lowest BCUT2D eigenvalue weighted by atomic mass is 10.2. The minimum absolute atomic E-state index is 0.441. The Morgan fingerprint density at radius 3 is 2.33 bits per heavy atom. The molecule has 1 aromatic heterocycles. The number of hydrogen-bond acceptors (Lipinski definition) is 4. The van der Waals surface area contributed by atoms with Gasteiger partial charge in [0.15, 0.2) is 0 Å². The van der Waals surface area contributed by atoms with Gasteiger partial charge in [0, 0.05) is 18.8 Å². The van der Waals surface area contributed by atoms with E-state index in [4.69, 9.17) is 4.74 Å². The molecule has 2 atom stereocenters. The van der Waals surface area contributed by atoms with Crippen LogP contribution in [-0.4, -0.2) is 34.0 Å². The average molecular weight is 329 g/mol. The summed E-state index contributed by atoms with van der Waals surface area (Å²) in [5.41, 5.74) is 0. The van der Waals surface area contributed by atoms with Crippen molar-refractivity contribution >= 4 is 0 Å². The molecule has 4 nitrogen and oxygen atoms in total. The van der Waals surface area contributed by atoms with Crippen LogP contribution in [0.5, 0.6) is 5.75 Å². The second kappa shape index (κ2) is 13.3. The third-order valence-electron chi connectivity index (χ3n) is 3.11. The molecule has 0 fully saturated rings. The molecule has 0 amide bonds. The van der Waals surface area contributed by atoms with Gasteiger partial charge >= 0.3 is 0 Å². The van der Waals surface area contributed by atoms with Crippen molar-refractivity contribution in [3.63, 3.8) is 0 Å². The minimum atomic E-state index is -0.551. The minimum Gasteiger partial charge on any atom is -0.493 e. The van der Waals surface area contributed by atoms with E-state index in [-0.39, 0.29) is 0 Å². The summed E-state index contributed by atoms with van der Waals surface area (Å²) in [5.74, 6) is 0.749. The third-order valence-corrected chi connectivity index (χ3v) is 3.11. The van der Waals surface area contributed by atoms with Crippen molar-refractivity contribution in [1.82, 2.24) is 4.98 Å². The Balaban J connectivity index is 2.17. The maximum Gasteiger partial charge on any atom is 0.122 e. The number of ether oxygens (including phenoxy) is 1. The maximum absolute atomic E-state index is 9.81. The molecule has 2 N–H and O–H groups in total. The van der Waals surface area contributed by atoms with E-state index < -0.39 is 12.2 Å². The molecular formula is C20H27NO3. The summed E-state index contributed by atoms with van der Waals surface area (Å²) in [6.07, 6.45) is 19.1. The number of allylic oxidation sites excluding steroid dienone is 5. The zero-order valence-corrected chi connectivity index (χ0v) is 14.2. The summed E-state index contributed by atoms with van der Waals surface area (Å²) in [5, 5.41) is 19.5. The fraction of sp³-hybridized carbons (Fsp3) is 0.350. The SMILES string of the molecule is CC/C=C\C[C@H](O)/C=C/C=C\C=C\[C@@H](O)CCOc1ccncc1. The lowest BCUT2D eigenvalue weighted by Gasteiger charge is -2.07. The molecule has 130 valence electrons. The quantitative estimate of drug-likeness (QED) is 0.481. The van der Waals surface area contributed by atoms with Crippen LogP contribution in [0.3, 0.4) is 0 Å². The molecule has 0 unspecified atom stereocenters. The Labute approximate surface area is 144 Å². The van der Waals surface area contributed by atoms with E-state index in [1.54, 1.807) is 48.8 Å². The second-order valence-electron chi connectivity index (χ2n) is 5.22. The Kier molecular flexibility index (Phi) is 11.0. The van der Waals surface area contributed by atoms with E-state index in [0.717, 1.165) is 12.2 Å². The highest BCUT2D eigenvalue weighted by Crippen LogP contribution is 2.07. The molecule has 0 radical (unpaired) electrons. The van der Waals surface area contributed by atoms with Crippen LogP contribution >= 0.6 is 0 Å². The number of aromatic nitrogens is 1. The van der Waals surface area contributed by atoms with Gasteiger partial charge in [0.2, 0.25) is 0 Å². The van der Waals surface area contributed by atoms with Crippen molar-refractivity contribution < 1.29 is 14.9 Å². The molecule has 4 heteroatoms. The van der Waals surface area contributed by atoms with Gasteiger partial charge in [-0.15, -0.1) is 0 Å². The summed E-state index contributed by atoms with van der Waals surface area (Å²) in [4.78, 5) is 3.91. The molecule has 0 aromatic carbocycles. The smallest absolute Gasteiger partial charge is 0.122 e. The number of aliphatic hydroxyl groups is 2. The molecule has 0 saturated heterocycles. The molecule has 0 spiro atoms. The first-order valence-electron chi connectivity index (χ1n) is 8.28. The van der Waals surface area contributed by atoms with E-state index in [9.17, 15) is 10.2 Å². The van der Waals surface area contributed by atoms with Crippen LogP contribution in [0, 0.1) is 0 Å². The lowest BCUT2D eigenvalue weighted by molar-refractivity contribution is 0.178. The van der Waals surface area contributed by atoms with Crippen molar-refractivity contribution in [2.45, 2.75) is 38.4 Å². The summed E-state index contributed by atoms with van der Waals surface area (Å²) < 4.78 is 5.49. The Bertz CT molecular complexity index is 535. The Hall–Kier alpha value is -2.17. The largest absolute Gasteiger partial charge is 0.493 e. The van der Waals surface area contributed by atoms with E-state index >= 15 is 0 Å². The van der Waals surface area contributed by atoms with Crippen molar-refractivity contribution in [3.8, 4) is 5.75 Å². The number of nitrogens with zero attached hydrogens (tertiary/aromatic N) is 1. The number of pyridine rings is 1. The van der Waals surface area contributed by atoms with Crippen LogP contribution in [0.4, 0.5) is 0 Å². The highest BCUT2D eigenvalue weighted by molar-refractivity contribution is 5.17. The highest BCUT2D eigenvalue weighted by Gasteiger charge is 1.99. The van der Waals surface area contributed by atoms with Crippen molar-refractivity contribution in [2.24, 2.45) is 0 Å². The van der Waals surface area contributed by atoms with Crippen LogP contribution in [0.1, 0.15) is 26.2 Å². The Morgan fingerprint density at radius 1 is 1.00 bits per heavy atom. The van der Waals surface area contributed by atoms with E-state index in [2.05, 4.69) is 11.9 Å². The van der Waals surface area contributed by atoms with Gasteiger partial charge in [-0.3, -0.25) is 4.98 Å². The topological polar surface area (TPSA) is 62.6 Å². The molecular weight excluding hydrogens is 302 g/mol. The average Bonchev–Trinajstić information content (AvgIpc) is 2.59. The zero-order chi connectivity index (χ0) is 17.5. The highest BCUT2D eigenvalue weighted by atomic mass is 16.5. The van der Waals surface area contributed by atoms with Gasteiger partial charge in [0.05, 0.1) is 18.8 Å². The van der Waals surface area contributed by atoms with Crippen LogP contribution in [0.2, 0.25) is 0 Å². The van der Waals surface area contributed by atoms with Gasteiger partial charge in [-0.25, -0.2) is 0 Å². The summed E-state index contributed by atoms with van der Waals surface area (Å²) in [7, 11) is 0. The molecule has 0 aliphatic carbocycles. The van der Waals surface area contributed by atoms with Gasteiger partial charge < -0.3 is 14.9 Å². The zero-order valence-electron chi connectivity index (χ0n) is 14.2. The predicted octanol–water partition coefficient (Wildman–Crippen LogP) is 3.60. The fourth-order valence-electron chi connectivity index (χ4n) is 1.82. The van der Waals surface area contributed by atoms with Gasteiger partial charge in [-0.1, -0.05) is 55.5 Å². The third kappa shape index (κ3) is 10.5. The van der Waals surface area contributed by atoms with Crippen LogP contribution < -0.4 is 4.74 Å². The van der Waals surface area contributed by atoms with E-state index in [0.29, 0.717) is 19.4 Å². The number of hydrogen-bond donors (Lipinski definition) is 2. The molecule has 0 aliphatic heterocycles. The first kappa shape index (κ1) is 19.9. The van der Waals surface area contributed by atoms with Crippen molar-refractivity contribution in [2.75, 3.05) is 6.61 Å². The normalized spacial score (nSPS) is 15.0. The Morgan fingerprint density at radius 2 is 1.67 bits per heavy atom. The standard InChI is InChI=1S/C20H27NO3/c1-2-3-6-9-18(22)10-7-4-5-8-11-19(23)14-17-24-20-12-15-21-16-13-20/h3-8,10-13,15-16,18-19,22-23H,2,9,14,17H2,1H3/b5-4-,6-3-,10-7+,11-8+/t18-,19+/m0/s1. The van der Waals surface area contributed by atoms with Gasteiger partial charge in [-0.2, -0.15) is 0 Å². The molecule has 24 heavy (non-hydrogen) atoms. The second-order valence-corrected chi connectivity index (χ2v) is 5.22. The molecule has 0 aliphatic rings.